The van der Waals surface area contributed by atoms with Crippen LogP contribution in [-0.4, -0.2) is 19.0 Å². The van der Waals surface area contributed by atoms with E-state index in [0.29, 0.717) is 34.7 Å². The van der Waals surface area contributed by atoms with E-state index < -0.39 is 5.82 Å². The van der Waals surface area contributed by atoms with E-state index in [1.807, 2.05) is 6.92 Å². The molecule has 108 valence electrons. The second kappa shape index (κ2) is 5.48. The van der Waals surface area contributed by atoms with Gasteiger partial charge < -0.3 is 9.47 Å². The van der Waals surface area contributed by atoms with E-state index >= 15 is 0 Å². The number of ketones is 1. The van der Waals surface area contributed by atoms with Crippen LogP contribution in [0.3, 0.4) is 0 Å². The van der Waals surface area contributed by atoms with Gasteiger partial charge in [-0.05, 0) is 47.1 Å². The van der Waals surface area contributed by atoms with Gasteiger partial charge >= 0.3 is 0 Å². The van der Waals surface area contributed by atoms with Crippen LogP contribution in [0.15, 0.2) is 34.8 Å². The maximum atomic E-state index is 13.9. The van der Waals surface area contributed by atoms with Crippen LogP contribution >= 0.6 is 15.9 Å². The number of benzene rings is 2. The second-order valence-corrected chi connectivity index (χ2v) is 5.64. The van der Waals surface area contributed by atoms with Crippen LogP contribution in [0, 0.1) is 12.7 Å². The predicted molar refractivity (Wildman–Crippen MR) is 79.7 cm³/mol. The van der Waals surface area contributed by atoms with Crippen molar-refractivity contribution >= 4 is 21.7 Å². The monoisotopic (exact) mass is 350 g/mol. The van der Waals surface area contributed by atoms with Crippen LogP contribution in [0.25, 0.3) is 0 Å². The lowest BCUT2D eigenvalue weighted by molar-refractivity contribution is 0.103. The van der Waals surface area contributed by atoms with E-state index in [1.54, 1.807) is 24.3 Å². The molecule has 1 aliphatic rings. The van der Waals surface area contributed by atoms with Crippen LogP contribution in [0.5, 0.6) is 11.5 Å². The lowest BCUT2D eigenvalue weighted by Crippen LogP contribution is -2.16. The van der Waals surface area contributed by atoms with E-state index in [2.05, 4.69) is 15.9 Å². The van der Waals surface area contributed by atoms with Crippen molar-refractivity contribution in [1.82, 2.24) is 0 Å². The first-order chi connectivity index (χ1) is 10.1. The third-order valence-corrected chi connectivity index (χ3v) is 3.90. The van der Waals surface area contributed by atoms with Gasteiger partial charge in [0.15, 0.2) is 17.3 Å². The highest BCUT2D eigenvalue weighted by Gasteiger charge is 2.21. The highest BCUT2D eigenvalue weighted by atomic mass is 79.9. The molecule has 2 aromatic carbocycles. The number of carbonyl (C=O) groups is 1. The van der Waals surface area contributed by atoms with Crippen molar-refractivity contribution in [2.75, 3.05) is 13.2 Å². The molecule has 0 aliphatic carbocycles. The molecule has 0 saturated carbocycles. The van der Waals surface area contributed by atoms with Crippen LogP contribution in [-0.2, 0) is 0 Å². The van der Waals surface area contributed by atoms with Gasteiger partial charge in [-0.3, -0.25) is 4.79 Å². The first-order valence-corrected chi connectivity index (χ1v) is 7.25. The number of carbonyl (C=O) groups excluding carboxylic acids is 1. The van der Waals surface area contributed by atoms with Crippen molar-refractivity contribution in [1.29, 1.82) is 0 Å². The fraction of sp³-hybridized carbons (Fsp3) is 0.188. The number of aryl methyl sites for hydroxylation is 1. The molecule has 0 spiro atoms. The molecule has 3 nitrogen and oxygen atoms in total. The SMILES string of the molecule is Cc1ccc(F)c(C(=O)c2cc3c(cc2Br)OCCO3)c1. The molecule has 0 amide bonds. The molecule has 0 radical (unpaired) electrons. The lowest BCUT2D eigenvalue weighted by atomic mass is 10.0. The van der Waals surface area contributed by atoms with Crippen molar-refractivity contribution in [3.05, 3.63) is 57.3 Å². The Morgan fingerprint density at radius 3 is 2.48 bits per heavy atom. The molecule has 0 saturated heterocycles. The lowest BCUT2D eigenvalue weighted by Gasteiger charge is -2.19. The zero-order valence-corrected chi connectivity index (χ0v) is 12.9. The first-order valence-electron chi connectivity index (χ1n) is 6.46. The molecule has 1 heterocycles. The number of rotatable bonds is 2. The zero-order chi connectivity index (χ0) is 15.0. The highest BCUT2D eigenvalue weighted by Crippen LogP contribution is 2.36. The standard InChI is InChI=1S/C16H12BrFO3/c1-9-2-3-13(18)11(6-9)16(19)10-7-14-15(8-12(10)17)21-5-4-20-14/h2-3,6-8H,4-5H2,1H3. The van der Waals surface area contributed by atoms with E-state index in [-0.39, 0.29) is 11.3 Å². The Kier molecular flexibility index (Phi) is 3.68. The molecule has 5 heteroatoms. The molecular formula is C16H12BrFO3. The van der Waals surface area contributed by atoms with Gasteiger partial charge in [-0.15, -0.1) is 0 Å². The molecule has 0 unspecified atom stereocenters. The van der Waals surface area contributed by atoms with Crippen molar-refractivity contribution in [3.8, 4) is 11.5 Å². The van der Waals surface area contributed by atoms with Crippen LogP contribution in [0.1, 0.15) is 21.5 Å². The summed E-state index contributed by atoms with van der Waals surface area (Å²) >= 11 is 3.34. The third kappa shape index (κ3) is 2.65. The predicted octanol–water partition coefficient (Wildman–Crippen LogP) is 3.90. The summed E-state index contributed by atoms with van der Waals surface area (Å²) in [5.74, 6) is 0.155. The minimum atomic E-state index is -0.535. The van der Waals surface area contributed by atoms with Gasteiger partial charge in [0.2, 0.25) is 0 Å². The molecule has 21 heavy (non-hydrogen) atoms. The number of halogens is 2. The van der Waals surface area contributed by atoms with Gasteiger partial charge in [0.25, 0.3) is 0 Å². The van der Waals surface area contributed by atoms with Crippen molar-refractivity contribution in [2.45, 2.75) is 6.92 Å². The summed E-state index contributed by atoms with van der Waals surface area (Å²) in [5, 5.41) is 0. The number of ether oxygens (including phenoxy) is 2. The maximum absolute atomic E-state index is 13.9. The van der Waals surface area contributed by atoms with Crippen molar-refractivity contribution in [2.24, 2.45) is 0 Å². The molecule has 0 atom stereocenters. The Bertz CT molecular complexity index is 728. The first kappa shape index (κ1) is 14.1. The molecule has 0 fully saturated rings. The van der Waals surface area contributed by atoms with Crippen molar-refractivity contribution in [3.63, 3.8) is 0 Å². The Labute approximate surface area is 129 Å². The topological polar surface area (TPSA) is 35.5 Å². The van der Waals surface area contributed by atoms with E-state index in [1.165, 1.54) is 6.07 Å². The van der Waals surface area contributed by atoms with Crippen LogP contribution in [0.2, 0.25) is 0 Å². The van der Waals surface area contributed by atoms with Crippen molar-refractivity contribution < 1.29 is 18.7 Å². The molecule has 0 aromatic heterocycles. The average molecular weight is 351 g/mol. The summed E-state index contributed by atoms with van der Waals surface area (Å²) in [6.07, 6.45) is 0. The maximum Gasteiger partial charge on any atom is 0.197 e. The summed E-state index contributed by atoms with van der Waals surface area (Å²) in [5.41, 5.74) is 1.23. The summed E-state index contributed by atoms with van der Waals surface area (Å²) in [6.45, 7) is 2.72. The molecular weight excluding hydrogens is 339 g/mol. The Morgan fingerprint density at radius 1 is 1.10 bits per heavy atom. The Balaban J connectivity index is 2.07. The molecule has 0 bridgehead atoms. The third-order valence-electron chi connectivity index (χ3n) is 3.24. The summed E-state index contributed by atoms with van der Waals surface area (Å²) in [4.78, 5) is 12.6. The normalized spacial score (nSPS) is 13.1. The van der Waals surface area contributed by atoms with Gasteiger partial charge in [-0.2, -0.15) is 0 Å². The minimum Gasteiger partial charge on any atom is -0.486 e. The molecule has 0 N–H and O–H groups in total. The van der Waals surface area contributed by atoms with E-state index in [4.69, 9.17) is 9.47 Å². The number of fused-ring (bicyclic) bond motifs is 1. The average Bonchev–Trinajstić information content (AvgIpc) is 2.48. The minimum absolute atomic E-state index is 0.0485. The molecule has 2 aromatic rings. The number of hydrogen-bond acceptors (Lipinski definition) is 3. The second-order valence-electron chi connectivity index (χ2n) is 4.79. The number of hydrogen-bond donors (Lipinski definition) is 0. The van der Waals surface area contributed by atoms with E-state index in [9.17, 15) is 9.18 Å². The van der Waals surface area contributed by atoms with Gasteiger partial charge in [0.05, 0.1) is 5.56 Å². The smallest absolute Gasteiger partial charge is 0.197 e. The highest BCUT2D eigenvalue weighted by molar-refractivity contribution is 9.10. The Morgan fingerprint density at radius 2 is 1.76 bits per heavy atom. The van der Waals surface area contributed by atoms with Crippen LogP contribution in [0.4, 0.5) is 4.39 Å². The van der Waals surface area contributed by atoms with Gasteiger partial charge in [-0.25, -0.2) is 4.39 Å². The summed E-state index contributed by atoms with van der Waals surface area (Å²) in [7, 11) is 0. The fourth-order valence-corrected chi connectivity index (χ4v) is 2.70. The largest absolute Gasteiger partial charge is 0.486 e. The summed E-state index contributed by atoms with van der Waals surface area (Å²) < 4.78 is 25.4. The van der Waals surface area contributed by atoms with Crippen LogP contribution < -0.4 is 9.47 Å². The quantitative estimate of drug-likeness (QED) is 0.770. The summed E-state index contributed by atoms with van der Waals surface area (Å²) in [6, 6.07) is 7.73. The van der Waals surface area contributed by atoms with Gasteiger partial charge in [-0.1, -0.05) is 11.6 Å². The zero-order valence-electron chi connectivity index (χ0n) is 11.3. The molecule has 1 aliphatic heterocycles. The van der Waals surface area contributed by atoms with E-state index in [0.717, 1.165) is 5.56 Å². The Hall–Kier alpha value is -1.88. The fourth-order valence-electron chi connectivity index (χ4n) is 2.20. The van der Waals surface area contributed by atoms with Gasteiger partial charge in [0, 0.05) is 10.0 Å². The van der Waals surface area contributed by atoms with Gasteiger partial charge in [0.1, 0.15) is 19.0 Å². The molecule has 3 rings (SSSR count).